The van der Waals surface area contributed by atoms with E-state index in [9.17, 15) is 0 Å². The average Bonchev–Trinajstić information content (AvgIpc) is 2.71. The second-order valence-electron chi connectivity index (χ2n) is 3.94. The molecule has 0 radical (unpaired) electrons. The van der Waals surface area contributed by atoms with Crippen molar-refractivity contribution in [3.8, 4) is 0 Å². The number of hydrogen-bond donors (Lipinski definition) is 1. The van der Waals surface area contributed by atoms with Gasteiger partial charge in [0, 0.05) is 11.6 Å². The second kappa shape index (κ2) is 4.97. The van der Waals surface area contributed by atoms with Gasteiger partial charge in [-0.2, -0.15) is 0 Å². The molecule has 2 nitrogen and oxygen atoms in total. The molecule has 0 amide bonds. The summed E-state index contributed by atoms with van der Waals surface area (Å²) < 4.78 is 5.93. The smallest absolute Gasteiger partial charge is 0.0801 e. The van der Waals surface area contributed by atoms with Crippen molar-refractivity contribution in [1.29, 1.82) is 0 Å². The molecule has 15 heavy (non-hydrogen) atoms. The predicted molar refractivity (Wildman–Crippen MR) is 62.2 cm³/mol. The number of benzene rings is 1. The standard InChI is InChI=1S/C12H16ClNO/c1-9(15-12-6-7-14-8-12)10-2-4-11(13)5-3-10/h2-5,9,12,14H,6-8H2,1H3/t9-,12+/m0/s1. The summed E-state index contributed by atoms with van der Waals surface area (Å²) in [4.78, 5) is 0. The molecule has 1 heterocycles. The highest BCUT2D eigenvalue weighted by atomic mass is 35.5. The SMILES string of the molecule is C[C@H](O[C@@H]1CCNC1)c1ccc(Cl)cc1. The highest BCUT2D eigenvalue weighted by Crippen LogP contribution is 2.22. The van der Waals surface area contributed by atoms with Crippen LogP contribution in [0, 0.1) is 0 Å². The van der Waals surface area contributed by atoms with E-state index in [2.05, 4.69) is 12.2 Å². The molecule has 0 saturated carbocycles. The summed E-state index contributed by atoms with van der Waals surface area (Å²) in [6.45, 7) is 4.12. The fraction of sp³-hybridized carbons (Fsp3) is 0.500. The number of ether oxygens (including phenoxy) is 1. The molecule has 1 aliphatic rings. The first-order valence-electron chi connectivity index (χ1n) is 5.37. The Morgan fingerprint density at radius 2 is 2.13 bits per heavy atom. The van der Waals surface area contributed by atoms with Gasteiger partial charge in [-0.1, -0.05) is 23.7 Å². The molecule has 1 aromatic rings. The van der Waals surface area contributed by atoms with Crippen LogP contribution in [-0.4, -0.2) is 19.2 Å². The molecule has 0 unspecified atom stereocenters. The van der Waals surface area contributed by atoms with Crippen LogP contribution in [0.5, 0.6) is 0 Å². The van der Waals surface area contributed by atoms with Crippen LogP contribution < -0.4 is 5.32 Å². The van der Waals surface area contributed by atoms with Crippen molar-refractivity contribution in [2.45, 2.75) is 25.6 Å². The average molecular weight is 226 g/mol. The van der Waals surface area contributed by atoms with E-state index in [1.165, 1.54) is 5.56 Å². The normalized spacial score (nSPS) is 22.9. The van der Waals surface area contributed by atoms with Crippen LogP contribution in [-0.2, 0) is 4.74 Å². The Kier molecular flexibility index (Phi) is 3.62. The van der Waals surface area contributed by atoms with Gasteiger partial charge in [0.25, 0.3) is 0 Å². The zero-order valence-corrected chi connectivity index (χ0v) is 9.63. The Balaban J connectivity index is 1.94. The first kappa shape index (κ1) is 10.9. The zero-order chi connectivity index (χ0) is 10.7. The van der Waals surface area contributed by atoms with E-state index in [4.69, 9.17) is 16.3 Å². The van der Waals surface area contributed by atoms with Crippen LogP contribution >= 0.6 is 11.6 Å². The summed E-state index contributed by atoms with van der Waals surface area (Å²) >= 11 is 5.84. The first-order valence-corrected chi connectivity index (χ1v) is 5.75. The largest absolute Gasteiger partial charge is 0.369 e. The Bertz CT molecular complexity index is 306. The third-order valence-corrected chi connectivity index (χ3v) is 3.00. The summed E-state index contributed by atoms with van der Waals surface area (Å²) in [6, 6.07) is 7.86. The maximum atomic E-state index is 5.93. The highest BCUT2D eigenvalue weighted by molar-refractivity contribution is 6.30. The molecule has 1 aromatic carbocycles. The number of nitrogens with one attached hydrogen (secondary N) is 1. The molecule has 1 N–H and O–H groups in total. The quantitative estimate of drug-likeness (QED) is 0.854. The summed E-state index contributed by atoms with van der Waals surface area (Å²) in [7, 11) is 0. The molecule has 82 valence electrons. The molecule has 0 aliphatic carbocycles. The van der Waals surface area contributed by atoms with Crippen molar-refractivity contribution >= 4 is 11.6 Å². The van der Waals surface area contributed by atoms with Gasteiger partial charge in [0.2, 0.25) is 0 Å². The Labute approximate surface area is 95.6 Å². The summed E-state index contributed by atoms with van der Waals surface area (Å²) in [5, 5.41) is 4.06. The van der Waals surface area contributed by atoms with Gasteiger partial charge in [-0.25, -0.2) is 0 Å². The van der Waals surface area contributed by atoms with Gasteiger partial charge in [-0.3, -0.25) is 0 Å². The van der Waals surface area contributed by atoms with Crippen LogP contribution in [0.1, 0.15) is 25.0 Å². The molecule has 1 fully saturated rings. The van der Waals surface area contributed by atoms with E-state index < -0.39 is 0 Å². The molecule has 1 aliphatic heterocycles. The van der Waals surface area contributed by atoms with E-state index in [1.54, 1.807) is 0 Å². The fourth-order valence-electron chi connectivity index (χ4n) is 1.85. The minimum atomic E-state index is 0.146. The van der Waals surface area contributed by atoms with Crippen molar-refractivity contribution in [1.82, 2.24) is 5.32 Å². The number of rotatable bonds is 3. The van der Waals surface area contributed by atoms with E-state index in [0.717, 1.165) is 24.5 Å². The minimum Gasteiger partial charge on any atom is -0.369 e. The van der Waals surface area contributed by atoms with Crippen molar-refractivity contribution in [3.05, 3.63) is 34.9 Å². The van der Waals surface area contributed by atoms with Gasteiger partial charge >= 0.3 is 0 Å². The Hall–Kier alpha value is -0.570. The summed E-state index contributed by atoms with van der Waals surface area (Å²) in [5.41, 5.74) is 1.19. The van der Waals surface area contributed by atoms with Gasteiger partial charge in [-0.05, 0) is 37.6 Å². The van der Waals surface area contributed by atoms with Gasteiger partial charge in [0.05, 0.1) is 12.2 Å². The van der Waals surface area contributed by atoms with Gasteiger partial charge in [0.15, 0.2) is 0 Å². The van der Waals surface area contributed by atoms with Crippen molar-refractivity contribution in [2.24, 2.45) is 0 Å². The Morgan fingerprint density at radius 1 is 1.40 bits per heavy atom. The lowest BCUT2D eigenvalue weighted by molar-refractivity contribution is 0.00829. The number of halogens is 1. The van der Waals surface area contributed by atoms with Crippen LogP contribution in [0.15, 0.2) is 24.3 Å². The van der Waals surface area contributed by atoms with Crippen LogP contribution in [0.2, 0.25) is 5.02 Å². The maximum Gasteiger partial charge on any atom is 0.0801 e. The van der Waals surface area contributed by atoms with Crippen molar-refractivity contribution < 1.29 is 4.74 Å². The zero-order valence-electron chi connectivity index (χ0n) is 8.87. The maximum absolute atomic E-state index is 5.93. The molecular formula is C12H16ClNO. The van der Waals surface area contributed by atoms with Gasteiger partial charge in [-0.15, -0.1) is 0 Å². The lowest BCUT2D eigenvalue weighted by atomic mass is 10.1. The topological polar surface area (TPSA) is 21.3 Å². The lowest BCUT2D eigenvalue weighted by Gasteiger charge is -2.18. The second-order valence-corrected chi connectivity index (χ2v) is 4.38. The van der Waals surface area contributed by atoms with Crippen molar-refractivity contribution in [2.75, 3.05) is 13.1 Å². The minimum absolute atomic E-state index is 0.146. The van der Waals surface area contributed by atoms with Crippen LogP contribution in [0.3, 0.4) is 0 Å². The lowest BCUT2D eigenvalue weighted by Crippen LogP contribution is -2.18. The third-order valence-electron chi connectivity index (χ3n) is 2.75. The Morgan fingerprint density at radius 3 is 2.73 bits per heavy atom. The molecule has 1 saturated heterocycles. The van der Waals surface area contributed by atoms with Crippen LogP contribution in [0.25, 0.3) is 0 Å². The van der Waals surface area contributed by atoms with E-state index in [-0.39, 0.29) is 6.10 Å². The molecular weight excluding hydrogens is 210 g/mol. The first-order chi connectivity index (χ1) is 7.25. The monoisotopic (exact) mass is 225 g/mol. The van der Waals surface area contributed by atoms with E-state index in [0.29, 0.717) is 6.10 Å². The molecule has 0 aromatic heterocycles. The molecule has 3 heteroatoms. The van der Waals surface area contributed by atoms with Crippen molar-refractivity contribution in [3.63, 3.8) is 0 Å². The van der Waals surface area contributed by atoms with E-state index >= 15 is 0 Å². The number of hydrogen-bond acceptors (Lipinski definition) is 2. The molecule has 0 bridgehead atoms. The van der Waals surface area contributed by atoms with Gasteiger partial charge < -0.3 is 10.1 Å². The third kappa shape index (κ3) is 2.94. The highest BCUT2D eigenvalue weighted by Gasteiger charge is 2.18. The summed E-state index contributed by atoms with van der Waals surface area (Å²) in [6.07, 6.45) is 1.61. The fourth-order valence-corrected chi connectivity index (χ4v) is 1.97. The molecule has 2 rings (SSSR count). The van der Waals surface area contributed by atoms with Gasteiger partial charge in [0.1, 0.15) is 0 Å². The van der Waals surface area contributed by atoms with Crippen LogP contribution in [0.4, 0.5) is 0 Å². The summed E-state index contributed by atoms with van der Waals surface area (Å²) in [5.74, 6) is 0. The van der Waals surface area contributed by atoms with E-state index in [1.807, 2.05) is 24.3 Å². The predicted octanol–water partition coefficient (Wildman–Crippen LogP) is 2.78. The molecule has 0 spiro atoms. The molecule has 2 atom stereocenters.